The lowest BCUT2D eigenvalue weighted by atomic mass is 10.1. The zero-order chi connectivity index (χ0) is 10.7. The minimum atomic E-state index is 0.428. The quantitative estimate of drug-likeness (QED) is 0.828. The number of oxazole rings is 1. The first-order chi connectivity index (χ1) is 7.28. The molecule has 15 heavy (non-hydrogen) atoms. The largest absolute Gasteiger partial charge is 0.448 e. The van der Waals surface area contributed by atoms with Crippen molar-refractivity contribution in [1.82, 2.24) is 4.98 Å². The number of rotatable bonds is 3. The molecule has 1 aromatic heterocycles. The maximum Gasteiger partial charge on any atom is 0.198 e. The fourth-order valence-corrected chi connectivity index (χ4v) is 1.52. The summed E-state index contributed by atoms with van der Waals surface area (Å²) in [4.78, 5) is 4.26. The predicted molar refractivity (Wildman–Crippen MR) is 58.4 cm³/mol. The molecule has 0 bridgehead atoms. The highest BCUT2D eigenvalue weighted by Crippen LogP contribution is 2.10. The predicted octanol–water partition coefficient (Wildman–Crippen LogP) is 2.03. The van der Waals surface area contributed by atoms with Crippen LogP contribution in [0.2, 0.25) is 0 Å². The Balaban J connectivity index is 2.14. The normalized spacial score (nSPS) is 10.5. The number of benzene rings is 1. The first-order valence-electron chi connectivity index (χ1n) is 4.97. The van der Waals surface area contributed by atoms with Crippen molar-refractivity contribution >= 4 is 0 Å². The third-order valence-corrected chi connectivity index (χ3v) is 2.25. The molecule has 0 aliphatic rings. The number of hydrogen-bond donors (Lipinski definition) is 1. The summed E-state index contributed by atoms with van der Waals surface area (Å²) < 4.78 is 5.31. The summed E-state index contributed by atoms with van der Waals surface area (Å²) >= 11 is 0. The van der Waals surface area contributed by atoms with Crippen LogP contribution in [0.25, 0.3) is 0 Å². The Morgan fingerprint density at radius 2 is 2.27 bits per heavy atom. The van der Waals surface area contributed by atoms with Gasteiger partial charge in [-0.05, 0) is 12.5 Å². The smallest absolute Gasteiger partial charge is 0.198 e. The van der Waals surface area contributed by atoms with E-state index in [1.165, 1.54) is 11.1 Å². The van der Waals surface area contributed by atoms with Crippen LogP contribution in [0.1, 0.15) is 22.7 Å². The maximum atomic E-state index is 5.46. The Hall–Kier alpha value is -1.61. The van der Waals surface area contributed by atoms with Gasteiger partial charge in [0.15, 0.2) is 5.89 Å². The van der Waals surface area contributed by atoms with Crippen molar-refractivity contribution in [3.8, 4) is 0 Å². The van der Waals surface area contributed by atoms with Crippen LogP contribution in [-0.4, -0.2) is 4.98 Å². The number of nitrogens with two attached hydrogens (primary N) is 1. The van der Waals surface area contributed by atoms with E-state index in [-0.39, 0.29) is 0 Å². The van der Waals surface area contributed by atoms with Crippen LogP contribution in [0.3, 0.4) is 0 Å². The number of nitrogens with zero attached hydrogens (tertiary/aromatic N) is 1. The van der Waals surface area contributed by atoms with Crippen LogP contribution in [0.4, 0.5) is 0 Å². The van der Waals surface area contributed by atoms with E-state index in [9.17, 15) is 0 Å². The molecule has 1 aromatic carbocycles. The van der Waals surface area contributed by atoms with Crippen molar-refractivity contribution in [2.75, 3.05) is 0 Å². The van der Waals surface area contributed by atoms with E-state index in [1.807, 2.05) is 6.07 Å². The summed E-state index contributed by atoms with van der Waals surface area (Å²) in [6.07, 6.45) is 2.34. The van der Waals surface area contributed by atoms with Gasteiger partial charge in [0.05, 0.1) is 5.69 Å². The van der Waals surface area contributed by atoms with E-state index < -0.39 is 0 Å². The van der Waals surface area contributed by atoms with Gasteiger partial charge in [-0.15, -0.1) is 0 Å². The number of hydrogen-bond acceptors (Lipinski definition) is 3. The van der Waals surface area contributed by atoms with Crippen molar-refractivity contribution in [3.05, 3.63) is 53.2 Å². The summed E-state index contributed by atoms with van der Waals surface area (Å²) in [5.41, 5.74) is 8.72. The van der Waals surface area contributed by atoms with E-state index in [0.717, 1.165) is 18.0 Å². The molecular weight excluding hydrogens is 188 g/mol. The van der Waals surface area contributed by atoms with Gasteiger partial charge in [0.2, 0.25) is 0 Å². The average Bonchev–Trinajstić information content (AvgIpc) is 2.65. The minimum Gasteiger partial charge on any atom is -0.448 e. The van der Waals surface area contributed by atoms with Crippen molar-refractivity contribution in [2.24, 2.45) is 5.73 Å². The lowest BCUT2D eigenvalue weighted by molar-refractivity contribution is 0.506. The van der Waals surface area contributed by atoms with Crippen LogP contribution in [0, 0.1) is 6.92 Å². The van der Waals surface area contributed by atoms with Gasteiger partial charge in [-0.1, -0.05) is 29.8 Å². The fourth-order valence-electron chi connectivity index (χ4n) is 1.52. The molecule has 0 aliphatic heterocycles. The molecule has 2 rings (SSSR count). The molecule has 0 saturated carbocycles. The van der Waals surface area contributed by atoms with Crippen LogP contribution in [0.5, 0.6) is 0 Å². The third kappa shape index (κ3) is 2.44. The molecule has 0 unspecified atom stereocenters. The average molecular weight is 202 g/mol. The first-order valence-corrected chi connectivity index (χ1v) is 4.97. The van der Waals surface area contributed by atoms with Gasteiger partial charge in [-0.3, -0.25) is 0 Å². The van der Waals surface area contributed by atoms with E-state index in [1.54, 1.807) is 6.26 Å². The van der Waals surface area contributed by atoms with Gasteiger partial charge < -0.3 is 10.2 Å². The highest BCUT2D eigenvalue weighted by atomic mass is 16.3. The molecule has 0 spiro atoms. The molecule has 3 heteroatoms. The van der Waals surface area contributed by atoms with Crippen LogP contribution < -0.4 is 5.73 Å². The highest BCUT2D eigenvalue weighted by Gasteiger charge is 2.03. The highest BCUT2D eigenvalue weighted by molar-refractivity contribution is 5.24. The third-order valence-electron chi connectivity index (χ3n) is 2.25. The Morgan fingerprint density at radius 1 is 1.40 bits per heavy atom. The Labute approximate surface area is 88.9 Å². The second-order valence-electron chi connectivity index (χ2n) is 3.60. The lowest BCUT2D eigenvalue weighted by Gasteiger charge is -1.98. The van der Waals surface area contributed by atoms with Crippen molar-refractivity contribution in [3.63, 3.8) is 0 Å². The Bertz CT molecular complexity index is 448. The van der Waals surface area contributed by atoms with E-state index in [0.29, 0.717) is 6.54 Å². The summed E-state index contributed by atoms with van der Waals surface area (Å²) in [6, 6.07) is 8.31. The second-order valence-corrected chi connectivity index (χ2v) is 3.60. The molecule has 0 aliphatic carbocycles. The van der Waals surface area contributed by atoms with E-state index >= 15 is 0 Å². The van der Waals surface area contributed by atoms with Crippen LogP contribution in [-0.2, 0) is 13.0 Å². The molecule has 2 aromatic rings. The van der Waals surface area contributed by atoms with Crippen LogP contribution >= 0.6 is 0 Å². The fraction of sp³-hybridized carbons (Fsp3) is 0.250. The van der Waals surface area contributed by atoms with Gasteiger partial charge in [0, 0.05) is 13.0 Å². The molecule has 0 fully saturated rings. The molecule has 3 nitrogen and oxygen atoms in total. The zero-order valence-electron chi connectivity index (χ0n) is 8.73. The molecular formula is C12H14N2O. The van der Waals surface area contributed by atoms with Crippen molar-refractivity contribution < 1.29 is 4.42 Å². The molecule has 0 radical (unpaired) electrons. The molecule has 0 amide bonds. The van der Waals surface area contributed by atoms with Crippen molar-refractivity contribution in [2.45, 2.75) is 19.9 Å². The molecule has 0 saturated heterocycles. The lowest BCUT2D eigenvalue weighted by Crippen LogP contribution is -1.97. The molecule has 1 heterocycles. The monoisotopic (exact) mass is 202 g/mol. The van der Waals surface area contributed by atoms with Crippen molar-refractivity contribution in [1.29, 1.82) is 0 Å². The van der Waals surface area contributed by atoms with Crippen LogP contribution in [0.15, 0.2) is 34.9 Å². The standard InChI is InChI=1S/C12H14N2O/c1-9-3-2-4-10(5-9)6-12-14-11(7-13)8-15-12/h2-5,8H,6-7,13H2,1H3. The topological polar surface area (TPSA) is 52.0 Å². The van der Waals surface area contributed by atoms with E-state index in [4.69, 9.17) is 10.2 Å². The van der Waals surface area contributed by atoms with Gasteiger partial charge in [0.25, 0.3) is 0 Å². The maximum absolute atomic E-state index is 5.46. The molecule has 78 valence electrons. The second kappa shape index (κ2) is 4.28. The first kappa shape index (κ1) is 9.93. The Kier molecular flexibility index (Phi) is 2.83. The number of aromatic nitrogens is 1. The van der Waals surface area contributed by atoms with Gasteiger partial charge in [-0.2, -0.15) is 0 Å². The minimum absolute atomic E-state index is 0.428. The van der Waals surface area contributed by atoms with E-state index in [2.05, 4.69) is 30.1 Å². The molecule has 0 atom stereocenters. The van der Waals surface area contributed by atoms with Gasteiger partial charge in [0.1, 0.15) is 6.26 Å². The van der Waals surface area contributed by atoms with Gasteiger partial charge in [-0.25, -0.2) is 4.98 Å². The zero-order valence-corrected chi connectivity index (χ0v) is 8.73. The van der Waals surface area contributed by atoms with Gasteiger partial charge >= 0.3 is 0 Å². The summed E-state index contributed by atoms with van der Waals surface area (Å²) in [5, 5.41) is 0. The molecule has 2 N–H and O–H groups in total. The SMILES string of the molecule is Cc1cccc(Cc2nc(CN)co2)c1. The summed E-state index contributed by atoms with van der Waals surface area (Å²) in [7, 11) is 0. The Morgan fingerprint density at radius 3 is 2.93 bits per heavy atom. The summed E-state index contributed by atoms with van der Waals surface area (Å²) in [5.74, 6) is 0.723. The summed E-state index contributed by atoms with van der Waals surface area (Å²) in [6.45, 7) is 2.50. The number of aryl methyl sites for hydroxylation is 1.